The number of aliphatic hydroxyl groups excluding tert-OH is 1. The Bertz CT molecular complexity index is 747. The molecule has 2 aromatic carbocycles. The number of ether oxygens (including phenoxy) is 2. The van der Waals surface area contributed by atoms with Gasteiger partial charge >= 0.3 is 11.9 Å². The first-order valence-electron chi connectivity index (χ1n) is 10.4. The Morgan fingerprint density at radius 1 is 0.806 bits per heavy atom. The second-order valence-electron chi connectivity index (χ2n) is 7.72. The van der Waals surface area contributed by atoms with Crippen LogP contribution >= 0.6 is 0 Å². The van der Waals surface area contributed by atoms with Crippen LogP contribution in [0.15, 0.2) is 60.7 Å². The third-order valence-corrected chi connectivity index (χ3v) is 9.55. The molecule has 6 nitrogen and oxygen atoms in total. The van der Waals surface area contributed by atoms with Gasteiger partial charge in [-0.15, -0.1) is 0 Å². The van der Waals surface area contributed by atoms with Crippen LogP contribution in [0.1, 0.15) is 34.6 Å². The molecule has 1 N–H and O–H groups in total. The maximum absolute atomic E-state index is 12.0. The number of benzene rings is 2. The van der Waals surface area contributed by atoms with Crippen molar-refractivity contribution in [1.29, 1.82) is 0 Å². The van der Waals surface area contributed by atoms with Crippen molar-refractivity contribution in [2.45, 2.75) is 39.7 Å². The summed E-state index contributed by atoms with van der Waals surface area (Å²) in [7, 11) is -2.64. The van der Waals surface area contributed by atoms with Gasteiger partial charge in [0.2, 0.25) is 0 Å². The van der Waals surface area contributed by atoms with Crippen molar-refractivity contribution in [2.75, 3.05) is 26.4 Å². The standard InChI is InChI=1S/C20H26O3Si.C4H8O3/c1-5-22-19(21)16-23-24(20(2,3)4,17-12-8-6-9-13-17)18-14-10-7-11-15-18;1-2-7-4(6)3-5/h6-15H,5,16H2,1-4H3;5H,2-3H2,1H3. The predicted octanol–water partition coefficient (Wildman–Crippen LogP) is 2.67. The maximum Gasteiger partial charge on any atom is 0.331 e. The van der Waals surface area contributed by atoms with Crippen molar-refractivity contribution in [1.82, 2.24) is 0 Å². The fraction of sp³-hybridized carbons (Fsp3) is 0.417. The maximum atomic E-state index is 12.0. The third-order valence-electron chi connectivity index (χ3n) is 4.56. The molecule has 0 atom stereocenters. The van der Waals surface area contributed by atoms with Crippen molar-refractivity contribution in [2.24, 2.45) is 0 Å². The van der Waals surface area contributed by atoms with E-state index in [4.69, 9.17) is 14.3 Å². The number of rotatable bonds is 8. The van der Waals surface area contributed by atoms with Crippen LogP contribution in [-0.4, -0.2) is 51.8 Å². The highest BCUT2D eigenvalue weighted by atomic mass is 28.4. The van der Waals surface area contributed by atoms with Crippen LogP contribution in [0.3, 0.4) is 0 Å². The molecule has 0 amide bonds. The zero-order valence-corrected chi connectivity index (χ0v) is 20.1. The molecule has 31 heavy (non-hydrogen) atoms. The van der Waals surface area contributed by atoms with Gasteiger partial charge in [-0.2, -0.15) is 0 Å². The molecule has 2 rings (SSSR count). The molecule has 0 bridgehead atoms. The molecular formula is C24H34O6Si. The van der Waals surface area contributed by atoms with E-state index < -0.39 is 20.9 Å². The molecule has 0 unspecified atom stereocenters. The molecule has 0 saturated heterocycles. The first-order chi connectivity index (χ1) is 14.7. The lowest BCUT2D eigenvalue weighted by molar-refractivity contribution is -0.146. The molecular weight excluding hydrogens is 412 g/mol. The van der Waals surface area contributed by atoms with Gasteiger partial charge in [0.15, 0.2) is 0 Å². The first-order valence-corrected chi connectivity index (χ1v) is 12.3. The molecule has 0 spiro atoms. The molecule has 7 heteroatoms. The number of aliphatic hydroxyl groups is 1. The Kier molecular flexibility index (Phi) is 11.2. The summed E-state index contributed by atoms with van der Waals surface area (Å²) < 4.78 is 15.8. The van der Waals surface area contributed by atoms with Gasteiger partial charge in [-0.05, 0) is 29.3 Å². The van der Waals surface area contributed by atoms with E-state index in [2.05, 4.69) is 49.8 Å². The van der Waals surface area contributed by atoms with Crippen molar-refractivity contribution < 1.29 is 28.6 Å². The van der Waals surface area contributed by atoms with Gasteiger partial charge in [0, 0.05) is 0 Å². The highest BCUT2D eigenvalue weighted by Crippen LogP contribution is 2.36. The van der Waals surface area contributed by atoms with E-state index in [1.165, 1.54) is 0 Å². The van der Waals surface area contributed by atoms with Gasteiger partial charge in [0.05, 0.1) is 13.2 Å². The zero-order valence-electron chi connectivity index (χ0n) is 19.1. The van der Waals surface area contributed by atoms with E-state index >= 15 is 0 Å². The highest BCUT2D eigenvalue weighted by Gasteiger charge is 2.50. The van der Waals surface area contributed by atoms with Crippen LogP contribution < -0.4 is 10.4 Å². The molecule has 0 aliphatic carbocycles. The van der Waals surface area contributed by atoms with Crippen LogP contribution in [0.25, 0.3) is 0 Å². The molecule has 0 aliphatic rings. The lowest BCUT2D eigenvalue weighted by Gasteiger charge is -2.42. The van der Waals surface area contributed by atoms with Crippen molar-refractivity contribution in [3.05, 3.63) is 60.7 Å². The number of carbonyl (C=O) groups is 2. The lowest BCUT2D eigenvalue weighted by atomic mass is 10.2. The molecule has 2 aromatic rings. The SMILES string of the molecule is CCOC(=O)CO.CCOC(=O)CO[Si](c1ccccc1)(c1ccccc1)C(C)(C)C. The summed E-state index contributed by atoms with van der Waals surface area (Å²) in [6.45, 7) is 10.2. The molecule has 0 radical (unpaired) electrons. The number of carbonyl (C=O) groups excluding carboxylic acids is 2. The molecule has 170 valence electrons. The van der Waals surface area contributed by atoms with Gasteiger partial charge in [-0.25, -0.2) is 9.59 Å². The van der Waals surface area contributed by atoms with Crippen molar-refractivity contribution >= 4 is 30.6 Å². The Morgan fingerprint density at radius 2 is 1.23 bits per heavy atom. The predicted molar refractivity (Wildman–Crippen MR) is 124 cm³/mol. The number of hydrogen-bond donors (Lipinski definition) is 1. The normalized spacial score (nSPS) is 11.2. The Labute approximate surface area is 186 Å². The quantitative estimate of drug-likeness (QED) is 0.496. The highest BCUT2D eigenvalue weighted by molar-refractivity contribution is 6.99. The second-order valence-corrected chi connectivity index (χ2v) is 12.0. The van der Waals surface area contributed by atoms with Crippen molar-refractivity contribution in [3.8, 4) is 0 Å². The molecule has 0 heterocycles. The molecule has 0 saturated carbocycles. The van der Waals surface area contributed by atoms with Crippen LogP contribution in [0.4, 0.5) is 0 Å². The Balaban J connectivity index is 0.000000592. The van der Waals surface area contributed by atoms with Gasteiger partial charge < -0.3 is 19.0 Å². The Morgan fingerprint density at radius 3 is 1.55 bits per heavy atom. The average molecular weight is 447 g/mol. The van der Waals surface area contributed by atoms with E-state index in [1.54, 1.807) is 13.8 Å². The summed E-state index contributed by atoms with van der Waals surface area (Å²) in [6.07, 6.45) is 0. The minimum atomic E-state index is -2.64. The minimum absolute atomic E-state index is 0.0267. The van der Waals surface area contributed by atoms with E-state index in [-0.39, 0.29) is 17.6 Å². The summed E-state index contributed by atoms with van der Waals surface area (Å²) in [5.74, 6) is -0.881. The Hall–Kier alpha value is -2.48. The smallest absolute Gasteiger partial charge is 0.331 e. The van der Waals surface area contributed by atoms with Gasteiger partial charge in [0.1, 0.15) is 13.2 Å². The van der Waals surface area contributed by atoms with Gasteiger partial charge in [-0.3, -0.25) is 0 Å². The fourth-order valence-corrected chi connectivity index (χ4v) is 7.83. The van der Waals surface area contributed by atoms with Crippen molar-refractivity contribution in [3.63, 3.8) is 0 Å². The molecule has 0 fully saturated rings. The van der Waals surface area contributed by atoms with Crippen LogP contribution in [0, 0.1) is 0 Å². The number of hydrogen-bond acceptors (Lipinski definition) is 6. The van der Waals surface area contributed by atoms with E-state index in [0.717, 1.165) is 10.4 Å². The lowest BCUT2D eigenvalue weighted by Crippen LogP contribution is -2.67. The van der Waals surface area contributed by atoms with E-state index in [9.17, 15) is 9.59 Å². The number of esters is 2. The van der Waals surface area contributed by atoms with E-state index in [1.807, 2.05) is 36.4 Å². The summed E-state index contributed by atoms with van der Waals surface area (Å²) in [5, 5.41) is 10.2. The van der Waals surface area contributed by atoms with Gasteiger partial charge in [-0.1, -0.05) is 81.4 Å². The second kappa shape index (κ2) is 13.0. The largest absolute Gasteiger partial charge is 0.464 e. The molecule has 0 aliphatic heterocycles. The summed E-state index contributed by atoms with van der Waals surface area (Å²) in [6, 6.07) is 20.5. The summed E-state index contributed by atoms with van der Waals surface area (Å²) in [4.78, 5) is 21.9. The van der Waals surface area contributed by atoms with Crippen LogP contribution in [0.5, 0.6) is 0 Å². The summed E-state index contributed by atoms with van der Waals surface area (Å²) >= 11 is 0. The molecule has 0 aromatic heterocycles. The van der Waals surface area contributed by atoms with Crippen LogP contribution in [0.2, 0.25) is 5.04 Å². The fourth-order valence-electron chi connectivity index (χ4n) is 3.34. The first kappa shape index (κ1) is 26.6. The summed E-state index contributed by atoms with van der Waals surface area (Å²) in [5.41, 5.74) is 0. The topological polar surface area (TPSA) is 82.1 Å². The van der Waals surface area contributed by atoms with E-state index in [0.29, 0.717) is 13.2 Å². The van der Waals surface area contributed by atoms with Crippen LogP contribution in [-0.2, 0) is 23.5 Å². The third kappa shape index (κ3) is 7.61. The van der Waals surface area contributed by atoms with Gasteiger partial charge in [0.25, 0.3) is 8.32 Å². The zero-order chi connectivity index (χ0) is 23.3. The average Bonchev–Trinajstić information content (AvgIpc) is 2.75. The monoisotopic (exact) mass is 446 g/mol. The minimum Gasteiger partial charge on any atom is -0.464 e.